The van der Waals surface area contributed by atoms with Crippen molar-refractivity contribution in [2.45, 2.75) is 12.5 Å². The molecule has 15 heavy (non-hydrogen) atoms. The summed E-state index contributed by atoms with van der Waals surface area (Å²) < 4.78 is 18.0. The molecule has 1 saturated heterocycles. The van der Waals surface area contributed by atoms with Crippen LogP contribution in [0.5, 0.6) is 5.75 Å². The SMILES string of the molecule is COc1cc(NC2CCNC2)ccc1F. The normalized spacial score (nSPS) is 20.3. The molecule has 82 valence electrons. The van der Waals surface area contributed by atoms with Crippen LogP contribution in [0.2, 0.25) is 0 Å². The number of methoxy groups -OCH3 is 1. The fourth-order valence-electron chi connectivity index (χ4n) is 1.76. The molecule has 0 saturated carbocycles. The van der Waals surface area contributed by atoms with Gasteiger partial charge in [0, 0.05) is 24.3 Å². The third-order valence-corrected chi connectivity index (χ3v) is 2.58. The van der Waals surface area contributed by atoms with E-state index in [1.807, 2.05) is 0 Å². The van der Waals surface area contributed by atoms with Crippen LogP contribution < -0.4 is 15.4 Å². The lowest BCUT2D eigenvalue weighted by atomic mass is 10.2. The minimum atomic E-state index is -0.326. The van der Waals surface area contributed by atoms with Crippen molar-refractivity contribution < 1.29 is 9.13 Å². The van der Waals surface area contributed by atoms with E-state index < -0.39 is 0 Å². The Balaban J connectivity index is 2.07. The van der Waals surface area contributed by atoms with Crippen molar-refractivity contribution in [1.29, 1.82) is 0 Å². The molecule has 0 aromatic heterocycles. The van der Waals surface area contributed by atoms with Crippen LogP contribution in [0, 0.1) is 5.82 Å². The van der Waals surface area contributed by atoms with Gasteiger partial charge in [0.05, 0.1) is 7.11 Å². The van der Waals surface area contributed by atoms with E-state index in [-0.39, 0.29) is 11.6 Å². The summed E-state index contributed by atoms with van der Waals surface area (Å²) in [6.07, 6.45) is 1.10. The number of nitrogens with one attached hydrogen (secondary N) is 2. The average Bonchev–Trinajstić information content (AvgIpc) is 2.73. The third kappa shape index (κ3) is 2.39. The molecule has 3 nitrogen and oxygen atoms in total. The molecule has 2 rings (SSSR count). The van der Waals surface area contributed by atoms with Gasteiger partial charge in [0.15, 0.2) is 11.6 Å². The van der Waals surface area contributed by atoms with Gasteiger partial charge in [0.1, 0.15) is 0 Å². The fraction of sp³-hybridized carbons (Fsp3) is 0.455. The van der Waals surface area contributed by atoms with Gasteiger partial charge in [-0.25, -0.2) is 4.39 Å². The van der Waals surface area contributed by atoms with Crippen molar-refractivity contribution in [3.8, 4) is 5.75 Å². The first-order valence-corrected chi connectivity index (χ1v) is 5.10. The highest BCUT2D eigenvalue weighted by Crippen LogP contribution is 2.22. The Morgan fingerprint density at radius 1 is 1.53 bits per heavy atom. The first-order valence-electron chi connectivity index (χ1n) is 5.10. The molecule has 1 fully saturated rings. The molecule has 0 radical (unpaired) electrons. The van der Waals surface area contributed by atoms with Gasteiger partial charge in [-0.2, -0.15) is 0 Å². The van der Waals surface area contributed by atoms with E-state index in [1.54, 1.807) is 12.1 Å². The van der Waals surface area contributed by atoms with Crippen LogP contribution in [-0.2, 0) is 0 Å². The first kappa shape index (κ1) is 10.2. The summed E-state index contributed by atoms with van der Waals surface area (Å²) in [5, 5.41) is 6.60. The maximum Gasteiger partial charge on any atom is 0.165 e. The summed E-state index contributed by atoms with van der Waals surface area (Å²) in [6.45, 7) is 2.00. The molecule has 1 aromatic carbocycles. The van der Waals surface area contributed by atoms with Crippen LogP contribution in [0.25, 0.3) is 0 Å². The highest BCUT2D eigenvalue weighted by Gasteiger charge is 2.14. The van der Waals surface area contributed by atoms with Crippen LogP contribution in [-0.4, -0.2) is 26.2 Å². The number of halogens is 1. The quantitative estimate of drug-likeness (QED) is 0.795. The summed E-state index contributed by atoms with van der Waals surface area (Å²) in [5.74, 6) is -0.0430. The Labute approximate surface area is 88.6 Å². The maximum absolute atomic E-state index is 13.1. The molecule has 0 amide bonds. The molecule has 4 heteroatoms. The summed E-state index contributed by atoms with van der Waals surface area (Å²) in [4.78, 5) is 0. The molecule has 0 aliphatic carbocycles. The van der Waals surface area contributed by atoms with Gasteiger partial charge in [-0.15, -0.1) is 0 Å². The molecule has 1 aliphatic heterocycles. The third-order valence-electron chi connectivity index (χ3n) is 2.58. The zero-order valence-corrected chi connectivity index (χ0v) is 8.72. The fourth-order valence-corrected chi connectivity index (χ4v) is 1.76. The number of hydrogen-bond acceptors (Lipinski definition) is 3. The van der Waals surface area contributed by atoms with E-state index in [1.165, 1.54) is 13.2 Å². The number of hydrogen-bond donors (Lipinski definition) is 2. The van der Waals surface area contributed by atoms with E-state index in [9.17, 15) is 4.39 Å². The second kappa shape index (κ2) is 4.49. The molecule has 1 heterocycles. The van der Waals surface area contributed by atoms with Crippen LogP contribution in [0.4, 0.5) is 10.1 Å². The highest BCUT2D eigenvalue weighted by atomic mass is 19.1. The van der Waals surface area contributed by atoms with Gasteiger partial charge in [0.25, 0.3) is 0 Å². The van der Waals surface area contributed by atoms with Gasteiger partial charge in [-0.3, -0.25) is 0 Å². The van der Waals surface area contributed by atoms with Crippen molar-refractivity contribution in [2.24, 2.45) is 0 Å². The van der Waals surface area contributed by atoms with Crippen LogP contribution in [0.1, 0.15) is 6.42 Å². The highest BCUT2D eigenvalue weighted by molar-refractivity contribution is 5.49. The van der Waals surface area contributed by atoms with Gasteiger partial charge in [-0.1, -0.05) is 0 Å². The average molecular weight is 210 g/mol. The summed E-state index contributed by atoms with van der Waals surface area (Å²) in [7, 11) is 1.47. The number of ether oxygens (including phenoxy) is 1. The molecule has 1 unspecified atom stereocenters. The van der Waals surface area contributed by atoms with Gasteiger partial charge in [0.2, 0.25) is 0 Å². The van der Waals surface area contributed by atoms with Gasteiger partial charge < -0.3 is 15.4 Å². The minimum absolute atomic E-state index is 0.283. The van der Waals surface area contributed by atoms with E-state index in [0.717, 1.165) is 25.2 Å². The Bertz CT molecular complexity index is 337. The molecule has 0 spiro atoms. The van der Waals surface area contributed by atoms with E-state index in [0.29, 0.717) is 6.04 Å². The molecule has 1 aliphatic rings. The zero-order chi connectivity index (χ0) is 10.7. The second-order valence-corrected chi connectivity index (χ2v) is 3.68. The Morgan fingerprint density at radius 2 is 2.40 bits per heavy atom. The lowest BCUT2D eigenvalue weighted by Gasteiger charge is -2.13. The molecule has 1 aromatic rings. The summed E-state index contributed by atoms with van der Waals surface area (Å²) in [6, 6.07) is 5.27. The van der Waals surface area contributed by atoms with E-state index in [2.05, 4.69) is 10.6 Å². The predicted octanol–water partition coefficient (Wildman–Crippen LogP) is 1.61. The lowest BCUT2D eigenvalue weighted by Crippen LogP contribution is -2.22. The monoisotopic (exact) mass is 210 g/mol. The maximum atomic E-state index is 13.1. The molecular weight excluding hydrogens is 195 g/mol. The molecule has 0 bridgehead atoms. The number of rotatable bonds is 3. The second-order valence-electron chi connectivity index (χ2n) is 3.68. The first-order chi connectivity index (χ1) is 7.29. The molecular formula is C11H15FN2O. The lowest BCUT2D eigenvalue weighted by molar-refractivity contribution is 0.387. The minimum Gasteiger partial charge on any atom is -0.494 e. The Kier molecular flexibility index (Phi) is 3.06. The van der Waals surface area contributed by atoms with E-state index >= 15 is 0 Å². The van der Waals surface area contributed by atoms with Crippen molar-refractivity contribution in [3.05, 3.63) is 24.0 Å². The topological polar surface area (TPSA) is 33.3 Å². The van der Waals surface area contributed by atoms with Crippen LogP contribution in [0.3, 0.4) is 0 Å². The Hall–Kier alpha value is -1.29. The van der Waals surface area contributed by atoms with Crippen molar-refractivity contribution >= 4 is 5.69 Å². The smallest absolute Gasteiger partial charge is 0.165 e. The van der Waals surface area contributed by atoms with Crippen LogP contribution >= 0.6 is 0 Å². The summed E-state index contributed by atoms with van der Waals surface area (Å²) in [5.41, 5.74) is 0.905. The van der Waals surface area contributed by atoms with Gasteiger partial charge >= 0.3 is 0 Å². The Morgan fingerprint density at radius 3 is 3.07 bits per heavy atom. The number of benzene rings is 1. The largest absolute Gasteiger partial charge is 0.494 e. The van der Waals surface area contributed by atoms with Crippen molar-refractivity contribution in [2.75, 3.05) is 25.5 Å². The van der Waals surface area contributed by atoms with E-state index in [4.69, 9.17) is 4.74 Å². The summed E-state index contributed by atoms with van der Waals surface area (Å²) >= 11 is 0. The number of anilines is 1. The zero-order valence-electron chi connectivity index (χ0n) is 8.72. The van der Waals surface area contributed by atoms with Crippen molar-refractivity contribution in [1.82, 2.24) is 5.32 Å². The van der Waals surface area contributed by atoms with Crippen molar-refractivity contribution in [3.63, 3.8) is 0 Å². The predicted molar refractivity (Wildman–Crippen MR) is 57.8 cm³/mol. The van der Waals surface area contributed by atoms with Crippen LogP contribution in [0.15, 0.2) is 18.2 Å². The van der Waals surface area contributed by atoms with Gasteiger partial charge in [-0.05, 0) is 25.1 Å². The standard InChI is InChI=1S/C11H15FN2O/c1-15-11-6-8(2-3-10(11)12)14-9-4-5-13-7-9/h2-3,6,9,13-14H,4-5,7H2,1H3. The molecule has 1 atom stereocenters. The molecule has 2 N–H and O–H groups in total.